The molecule has 2 N–H and O–H groups in total. The summed E-state index contributed by atoms with van der Waals surface area (Å²) < 4.78 is 9.80. The van der Waals surface area contributed by atoms with E-state index in [2.05, 4.69) is 4.74 Å². The van der Waals surface area contributed by atoms with Crippen molar-refractivity contribution in [2.75, 3.05) is 13.7 Å². The average Bonchev–Trinajstić information content (AvgIpc) is 2.26. The van der Waals surface area contributed by atoms with Crippen molar-refractivity contribution in [3.8, 4) is 5.75 Å². The fraction of sp³-hybridized carbons (Fsp3) is 0.417. The summed E-state index contributed by atoms with van der Waals surface area (Å²) in [5.74, 6) is 0.283. The van der Waals surface area contributed by atoms with E-state index in [1.807, 2.05) is 32.0 Å². The molecule has 0 aliphatic heterocycles. The number of carbonyl (C=O) groups excluding carboxylic acids is 1. The van der Waals surface area contributed by atoms with E-state index >= 15 is 0 Å². The number of aryl methyl sites for hydroxylation is 1. The van der Waals surface area contributed by atoms with E-state index in [0.717, 1.165) is 11.1 Å². The van der Waals surface area contributed by atoms with Gasteiger partial charge in [-0.2, -0.15) is 0 Å². The first kappa shape index (κ1) is 12.5. The summed E-state index contributed by atoms with van der Waals surface area (Å²) in [7, 11) is 1.33. The van der Waals surface area contributed by atoms with Gasteiger partial charge in [0.15, 0.2) is 6.61 Å². The largest absolute Gasteiger partial charge is 0.482 e. The van der Waals surface area contributed by atoms with Crippen molar-refractivity contribution in [1.82, 2.24) is 0 Å². The van der Waals surface area contributed by atoms with Crippen LogP contribution in [0.15, 0.2) is 18.2 Å². The molecular formula is C12H17NO3. The predicted molar refractivity (Wildman–Crippen MR) is 61.3 cm³/mol. The van der Waals surface area contributed by atoms with Crippen LogP contribution in [0.25, 0.3) is 0 Å². The first-order valence-electron chi connectivity index (χ1n) is 5.10. The van der Waals surface area contributed by atoms with Crippen LogP contribution < -0.4 is 10.5 Å². The highest BCUT2D eigenvalue weighted by molar-refractivity contribution is 5.70. The SMILES string of the molecule is COC(=O)COc1ccc(C(C)N)cc1C. The molecule has 0 fully saturated rings. The molecule has 0 spiro atoms. The summed E-state index contributed by atoms with van der Waals surface area (Å²) in [5, 5.41) is 0. The number of nitrogens with two attached hydrogens (primary N) is 1. The van der Waals surface area contributed by atoms with Gasteiger partial charge in [0.2, 0.25) is 0 Å². The lowest BCUT2D eigenvalue weighted by molar-refractivity contribution is -0.142. The molecule has 0 aromatic heterocycles. The van der Waals surface area contributed by atoms with Gasteiger partial charge in [0.05, 0.1) is 7.11 Å². The lowest BCUT2D eigenvalue weighted by Gasteiger charge is -2.11. The zero-order valence-corrected chi connectivity index (χ0v) is 9.82. The summed E-state index contributed by atoms with van der Waals surface area (Å²) in [5.41, 5.74) is 7.76. The number of hydrogen-bond donors (Lipinski definition) is 1. The maximum atomic E-state index is 10.9. The van der Waals surface area contributed by atoms with E-state index in [1.165, 1.54) is 7.11 Å². The number of benzene rings is 1. The Kier molecular flexibility index (Phi) is 4.31. The van der Waals surface area contributed by atoms with Crippen molar-refractivity contribution in [1.29, 1.82) is 0 Å². The number of methoxy groups -OCH3 is 1. The highest BCUT2D eigenvalue weighted by Gasteiger charge is 2.06. The highest BCUT2D eigenvalue weighted by Crippen LogP contribution is 2.21. The molecule has 0 heterocycles. The normalized spacial score (nSPS) is 12.0. The standard InChI is InChI=1S/C12H17NO3/c1-8-6-10(9(2)13)4-5-11(8)16-7-12(14)15-3/h4-6,9H,7,13H2,1-3H3. The van der Waals surface area contributed by atoms with Crippen LogP contribution in [0.2, 0.25) is 0 Å². The van der Waals surface area contributed by atoms with Crippen molar-refractivity contribution >= 4 is 5.97 Å². The van der Waals surface area contributed by atoms with Crippen molar-refractivity contribution in [2.45, 2.75) is 19.9 Å². The topological polar surface area (TPSA) is 61.5 Å². The molecule has 4 heteroatoms. The molecule has 1 atom stereocenters. The second kappa shape index (κ2) is 5.51. The van der Waals surface area contributed by atoms with Crippen LogP contribution in [0.3, 0.4) is 0 Å². The molecule has 0 aliphatic carbocycles. The maximum Gasteiger partial charge on any atom is 0.343 e. The van der Waals surface area contributed by atoms with Gasteiger partial charge < -0.3 is 15.2 Å². The van der Waals surface area contributed by atoms with E-state index in [-0.39, 0.29) is 12.6 Å². The Morgan fingerprint density at radius 3 is 2.69 bits per heavy atom. The zero-order valence-electron chi connectivity index (χ0n) is 9.82. The van der Waals surface area contributed by atoms with Gasteiger partial charge >= 0.3 is 5.97 Å². The number of ether oxygens (including phenoxy) is 2. The van der Waals surface area contributed by atoms with Crippen LogP contribution in [0.5, 0.6) is 5.75 Å². The molecule has 1 rings (SSSR count). The van der Waals surface area contributed by atoms with Crippen LogP contribution in [-0.2, 0) is 9.53 Å². The van der Waals surface area contributed by atoms with Gasteiger partial charge in [-0.3, -0.25) is 0 Å². The Morgan fingerprint density at radius 1 is 1.50 bits per heavy atom. The van der Waals surface area contributed by atoms with Crippen molar-refractivity contribution in [2.24, 2.45) is 5.73 Å². The van der Waals surface area contributed by atoms with Gasteiger partial charge in [-0.1, -0.05) is 12.1 Å². The second-order valence-corrected chi connectivity index (χ2v) is 3.68. The van der Waals surface area contributed by atoms with E-state index in [4.69, 9.17) is 10.5 Å². The maximum absolute atomic E-state index is 10.9. The van der Waals surface area contributed by atoms with E-state index < -0.39 is 5.97 Å². The van der Waals surface area contributed by atoms with Crippen LogP contribution in [0.1, 0.15) is 24.1 Å². The first-order valence-corrected chi connectivity index (χ1v) is 5.10. The molecule has 88 valence electrons. The molecule has 1 unspecified atom stereocenters. The molecule has 0 amide bonds. The van der Waals surface area contributed by atoms with Crippen molar-refractivity contribution < 1.29 is 14.3 Å². The Bertz CT molecular complexity index is 375. The summed E-state index contributed by atoms with van der Waals surface area (Å²) in [6.45, 7) is 3.76. The lowest BCUT2D eigenvalue weighted by Crippen LogP contribution is -2.13. The molecule has 0 saturated heterocycles. The zero-order chi connectivity index (χ0) is 12.1. The van der Waals surface area contributed by atoms with Crippen LogP contribution >= 0.6 is 0 Å². The molecule has 1 aromatic rings. The first-order chi connectivity index (χ1) is 7.54. The van der Waals surface area contributed by atoms with E-state index in [1.54, 1.807) is 0 Å². The monoisotopic (exact) mass is 223 g/mol. The van der Waals surface area contributed by atoms with E-state index in [0.29, 0.717) is 5.75 Å². The minimum atomic E-state index is -0.393. The fourth-order valence-electron chi connectivity index (χ4n) is 1.31. The quantitative estimate of drug-likeness (QED) is 0.787. The van der Waals surface area contributed by atoms with Gasteiger partial charge in [-0.15, -0.1) is 0 Å². The summed E-state index contributed by atoms with van der Waals surface area (Å²) in [6.07, 6.45) is 0. The van der Waals surface area contributed by atoms with Crippen LogP contribution in [0, 0.1) is 6.92 Å². The van der Waals surface area contributed by atoms with Gasteiger partial charge in [0.25, 0.3) is 0 Å². The summed E-state index contributed by atoms with van der Waals surface area (Å²) in [4.78, 5) is 10.9. The highest BCUT2D eigenvalue weighted by atomic mass is 16.6. The Hall–Kier alpha value is -1.55. The smallest absolute Gasteiger partial charge is 0.343 e. The molecular weight excluding hydrogens is 206 g/mol. The average molecular weight is 223 g/mol. The van der Waals surface area contributed by atoms with Crippen LogP contribution in [-0.4, -0.2) is 19.7 Å². The fourth-order valence-corrected chi connectivity index (χ4v) is 1.31. The molecule has 0 radical (unpaired) electrons. The van der Waals surface area contributed by atoms with Crippen molar-refractivity contribution in [3.63, 3.8) is 0 Å². The molecule has 1 aromatic carbocycles. The Morgan fingerprint density at radius 2 is 2.19 bits per heavy atom. The summed E-state index contributed by atoms with van der Waals surface area (Å²) >= 11 is 0. The molecule has 0 saturated carbocycles. The minimum absolute atomic E-state index is 0.00615. The molecule has 0 bridgehead atoms. The third kappa shape index (κ3) is 3.24. The lowest BCUT2D eigenvalue weighted by atomic mass is 10.1. The summed E-state index contributed by atoms with van der Waals surface area (Å²) in [6, 6.07) is 5.66. The third-order valence-electron chi connectivity index (χ3n) is 2.30. The predicted octanol–water partition coefficient (Wildman–Crippen LogP) is 1.57. The van der Waals surface area contributed by atoms with Gasteiger partial charge in [-0.05, 0) is 31.0 Å². The number of hydrogen-bond acceptors (Lipinski definition) is 4. The Balaban J connectivity index is 2.72. The molecule has 4 nitrogen and oxygen atoms in total. The molecule has 0 aliphatic rings. The third-order valence-corrected chi connectivity index (χ3v) is 2.30. The number of carbonyl (C=O) groups is 1. The van der Waals surface area contributed by atoms with Gasteiger partial charge in [0, 0.05) is 6.04 Å². The second-order valence-electron chi connectivity index (χ2n) is 3.68. The minimum Gasteiger partial charge on any atom is -0.482 e. The molecule has 16 heavy (non-hydrogen) atoms. The van der Waals surface area contributed by atoms with Gasteiger partial charge in [-0.25, -0.2) is 4.79 Å². The van der Waals surface area contributed by atoms with Gasteiger partial charge in [0.1, 0.15) is 5.75 Å². The van der Waals surface area contributed by atoms with E-state index in [9.17, 15) is 4.79 Å². The number of esters is 1. The number of rotatable bonds is 4. The Labute approximate surface area is 95.3 Å². The van der Waals surface area contributed by atoms with Crippen molar-refractivity contribution in [3.05, 3.63) is 29.3 Å². The van der Waals surface area contributed by atoms with Crippen LogP contribution in [0.4, 0.5) is 0 Å².